The summed E-state index contributed by atoms with van der Waals surface area (Å²) in [6.07, 6.45) is 0. The summed E-state index contributed by atoms with van der Waals surface area (Å²) in [7, 11) is 3.99. The molecule has 1 heterocycles. The van der Waals surface area contributed by atoms with Crippen molar-refractivity contribution in [1.29, 1.82) is 0 Å². The molecule has 3 N–H and O–H groups in total. The Labute approximate surface area is 123 Å². The first-order chi connectivity index (χ1) is 9.58. The molecule has 1 aromatic heterocycles. The number of nitrogens with zero attached hydrogens (tertiary/aromatic N) is 1. The average molecular weight is 289 g/mol. The lowest BCUT2D eigenvalue weighted by Gasteiger charge is -2.14. The SMILES string of the molecule is CN(C)c1ccc(CNC(=O)C(N)c2cccs2)cc1. The highest BCUT2D eigenvalue weighted by Crippen LogP contribution is 2.17. The van der Waals surface area contributed by atoms with E-state index in [0.29, 0.717) is 6.54 Å². The predicted octanol–water partition coefficient (Wildman–Crippen LogP) is 2.13. The van der Waals surface area contributed by atoms with E-state index in [1.54, 1.807) is 0 Å². The Morgan fingerprint density at radius 2 is 2.00 bits per heavy atom. The van der Waals surface area contributed by atoms with E-state index in [4.69, 9.17) is 5.73 Å². The number of anilines is 1. The van der Waals surface area contributed by atoms with Gasteiger partial charge in [0.1, 0.15) is 6.04 Å². The number of rotatable bonds is 5. The Morgan fingerprint density at radius 3 is 2.55 bits per heavy atom. The highest BCUT2D eigenvalue weighted by molar-refractivity contribution is 7.10. The van der Waals surface area contributed by atoms with E-state index >= 15 is 0 Å². The summed E-state index contributed by atoms with van der Waals surface area (Å²) in [4.78, 5) is 14.9. The van der Waals surface area contributed by atoms with Crippen LogP contribution in [0.4, 0.5) is 5.69 Å². The molecule has 2 aromatic rings. The van der Waals surface area contributed by atoms with Gasteiger partial charge in [-0.1, -0.05) is 18.2 Å². The Kier molecular flexibility index (Phi) is 4.76. The van der Waals surface area contributed by atoms with Crippen molar-refractivity contribution in [2.24, 2.45) is 5.73 Å². The van der Waals surface area contributed by atoms with Crippen molar-refractivity contribution in [1.82, 2.24) is 5.32 Å². The smallest absolute Gasteiger partial charge is 0.242 e. The fourth-order valence-electron chi connectivity index (χ4n) is 1.81. The fraction of sp³-hybridized carbons (Fsp3) is 0.267. The quantitative estimate of drug-likeness (QED) is 0.886. The number of thiophene rings is 1. The maximum absolute atomic E-state index is 12.0. The van der Waals surface area contributed by atoms with E-state index in [2.05, 4.69) is 5.32 Å². The number of nitrogens with two attached hydrogens (primary N) is 1. The van der Waals surface area contributed by atoms with Gasteiger partial charge in [0.15, 0.2) is 0 Å². The fourth-order valence-corrected chi connectivity index (χ4v) is 2.53. The number of carbonyl (C=O) groups is 1. The molecule has 0 radical (unpaired) electrons. The van der Waals surface area contributed by atoms with Crippen LogP contribution in [-0.2, 0) is 11.3 Å². The number of amides is 1. The van der Waals surface area contributed by atoms with E-state index in [1.165, 1.54) is 11.3 Å². The van der Waals surface area contributed by atoms with Crippen molar-refractivity contribution >= 4 is 22.9 Å². The van der Waals surface area contributed by atoms with Gasteiger partial charge in [0.25, 0.3) is 0 Å². The molecular weight excluding hydrogens is 270 g/mol. The molecule has 2 rings (SSSR count). The highest BCUT2D eigenvalue weighted by atomic mass is 32.1. The summed E-state index contributed by atoms with van der Waals surface area (Å²) in [6.45, 7) is 0.492. The molecule has 0 bridgehead atoms. The van der Waals surface area contributed by atoms with Crippen LogP contribution in [-0.4, -0.2) is 20.0 Å². The summed E-state index contributed by atoms with van der Waals surface area (Å²) >= 11 is 1.49. The zero-order valence-corrected chi connectivity index (χ0v) is 12.5. The van der Waals surface area contributed by atoms with Crippen LogP contribution in [0.2, 0.25) is 0 Å². The lowest BCUT2D eigenvalue weighted by atomic mass is 10.2. The standard InChI is InChI=1S/C15H19N3OS/c1-18(2)12-7-5-11(6-8-12)10-17-15(19)14(16)13-4-3-9-20-13/h3-9,14H,10,16H2,1-2H3,(H,17,19). The van der Waals surface area contributed by atoms with Crippen molar-refractivity contribution in [2.75, 3.05) is 19.0 Å². The van der Waals surface area contributed by atoms with Gasteiger partial charge >= 0.3 is 0 Å². The van der Waals surface area contributed by atoms with Gasteiger partial charge in [-0.15, -0.1) is 11.3 Å². The van der Waals surface area contributed by atoms with E-state index in [1.807, 2.05) is 60.8 Å². The molecule has 5 heteroatoms. The Bertz CT molecular complexity index is 549. The molecule has 1 unspecified atom stereocenters. The summed E-state index contributed by atoms with van der Waals surface area (Å²) in [5, 5.41) is 4.78. The van der Waals surface area contributed by atoms with Crippen LogP contribution >= 0.6 is 11.3 Å². The van der Waals surface area contributed by atoms with E-state index < -0.39 is 6.04 Å². The van der Waals surface area contributed by atoms with Crippen LogP contribution in [0.5, 0.6) is 0 Å². The number of benzene rings is 1. The minimum Gasteiger partial charge on any atom is -0.378 e. The molecule has 0 saturated heterocycles. The normalized spacial score (nSPS) is 11.9. The lowest BCUT2D eigenvalue weighted by Crippen LogP contribution is -2.33. The van der Waals surface area contributed by atoms with Crippen molar-refractivity contribution in [3.63, 3.8) is 0 Å². The number of nitrogens with one attached hydrogen (secondary N) is 1. The van der Waals surface area contributed by atoms with Gasteiger partial charge in [-0.25, -0.2) is 0 Å². The number of hydrogen-bond donors (Lipinski definition) is 2. The molecule has 0 fully saturated rings. The topological polar surface area (TPSA) is 58.4 Å². The van der Waals surface area contributed by atoms with Gasteiger partial charge in [-0.2, -0.15) is 0 Å². The molecule has 0 saturated carbocycles. The van der Waals surface area contributed by atoms with Gasteiger partial charge in [0, 0.05) is 31.2 Å². The third-order valence-corrected chi connectivity index (χ3v) is 4.01. The molecule has 0 aliphatic heterocycles. The summed E-state index contributed by atoms with van der Waals surface area (Å²) < 4.78 is 0. The van der Waals surface area contributed by atoms with E-state index in [-0.39, 0.29) is 5.91 Å². The summed E-state index contributed by atoms with van der Waals surface area (Å²) in [5.41, 5.74) is 8.09. The highest BCUT2D eigenvalue weighted by Gasteiger charge is 2.15. The third kappa shape index (κ3) is 3.59. The van der Waals surface area contributed by atoms with Crippen LogP contribution in [0.25, 0.3) is 0 Å². The molecule has 1 atom stereocenters. The minimum absolute atomic E-state index is 0.149. The number of hydrogen-bond acceptors (Lipinski definition) is 4. The second-order valence-corrected chi connectivity index (χ2v) is 5.75. The number of carbonyl (C=O) groups excluding carboxylic acids is 1. The largest absolute Gasteiger partial charge is 0.378 e. The monoisotopic (exact) mass is 289 g/mol. The summed E-state index contributed by atoms with van der Waals surface area (Å²) in [5.74, 6) is -0.149. The molecule has 106 valence electrons. The zero-order chi connectivity index (χ0) is 14.5. The van der Waals surface area contributed by atoms with Crippen molar-refractivity contribution in [2.45, 2.75) is 12.6 Å². The summed E-state index contributed by atoms with van der Waals surface area (Å²) in [6, 6.07) is 11.3. The Hall–Kier alpha value is -1.85. The van der Waals surface area contributed by atoms with Crippen molar-refractivity contribution < 1.29 is 4.79 Å². The van der Waals surface area contributed by atoms with E-state index in [0.717, 1.165) is 16.1 Å². The van der Waals surface area contributed by atoms with Gasteiger partial charge in [-0.3, -0.25) is 4.79 Å². The van der Waals surface area contributed by atoms with Gasteiger partial charge < -0.3 is 16.0 Å². The molecule has 0 spiro atoms. The second-order valence-electron chi connectivity index (χ2n) is 4.77. The molecule has 0 aliphatic carbocycles. The van der Waals surface area contributed by atoms with Crippen LogP contribution in [0.1, 0.15) is 16.5 Å². The Balaban J connectivity index is 1.90. The lowest BCUT2D eigenvalue weighted by molar-refractivity contribution is -0.122. The van der Waals surface area contributed by atoms with Crippen LogP contribution in [0, 0.1) is 0 Å². The first kappa shape index (κ1) is 14.6. The van der Waals surface area contributed by atoms with Crippen LogP contribution < -0.4 is 16.0 Å². The average Bonchev–Trinajstić information content (AvgIpc) is 2.98. The van der Waals surface area contributed by atoms with E-state index in [9.17, 15) is 4.79 Å². The second kappa shape index (κ2) is 6.54. The van der Waals surface area contributed by atoms with Gasteiger partial charge in [0.2, 0.25) is 5.91 Å². The van der Waals surface area contributed by atoms with Crippen LogP contribution in [0.3, 0.4) is 0 Å². The maximum Gasteiger partial charge on any atom is 0.242 e. The van der Waals surface area contributed by atoms with Gasteiger partial charge in [0.05, 0.1) is 0 Å². The predicted molar refractivity (Wildman–Crippen MR) is 83.9 cm³/mol. The van der Waals surface area contributed by atoms with Crippen molar-refractivity contribution in [3.05, 3.63) is 52.2 Å². The molecule has 1 aromatic carbocycles. The molecule has 1 amide bonds. The van der Waals surface area contributed by atoms with Crippen molar-refractivity contribution in [3.8, 4) is 0 Å². The molecule has 4 nitrogen and oxygen atoms in total. The maximum atomic E-state index is 12.0. The third-order valence-electron chi connectivity index (χ3n) is 3.05. The molecular formula is C15H19N3OS. The zero-order valence-electron chi connectivity index (χ0n) is 11.7. The minimum atomic E-state index is -0.587. The van der Waals surface area contributed by atoms with Gasteiger partial charge in [-0.05, 0) is 29.1 Å². The van der Waals surface area contributed by atoms with Crippen LogP contribution in [0.15, 0.2) is 41.8 Å². The Morgan fingerprint density at radius 1 is 1.30 bits per heavy atom. The molecule has 20 heavy (non-hydrogen) atoms. The molecule has 0 aliphatic rings. The first-order valence-corrected chi connectivity index (χ1v) is 7.29. The first-order valence-electron chi connectivity index (χ1n) is 6.41.